The van der Waals surface area contributed by atoms with Crippen LogP contribution in [0.15, 0.2) is 55.4 Å². The third-order valence-electron chi connectivity index (χ3n) is 8.70. The molecule has 3 aliphatic heterocycles. The van der Waals surface area contributed by atoms with Crippen molar-refractivity contribution in [3.05, 3.63) is 72.3 Å². The Bertz CT molecular complexity index is 1590. The molecule has 14 heteroatoms. The average molecular weight is 642 g/mol. The average Bonchev–Trinajstić information content (AvgIpc) is 3.51. The molecule has 0 spiro atoms. The fraction of sp³-hybridized carbons (Fsp3) is 0.406. The largest absolute Gasteiger partial charge is 0.494 e. The predicted molar refractivity (Wildman–Crippen MR) is 166 cm³/mol. The fourth-order valence-electron chi connectivity index (χ4n) is 6.20. The first-order valence-corrected chi connectivity index (χ1v) is 15.2. The van der Waals surface area contributed by atoms with E-state index in [4.69, 9.17) is 9.57 Å². The lowest BCUT2D eigenvalue weighted by molar-refractivity contribution is -0.140. The first-order valence-electron chi connectivity index (χ1n) is 15.2. The maximum atomic E-state index is 14.0. The van der Waals surface area contributed by atoms with Gasteiger partial charge in [-0.15, -0.1) is 0 Å². The molecule has 244 valence electrons. The zero-order valence-electron chi connectivity index (χ0n) is 25.3. The monoisotopic (exact) mass is 641 g/mol. The quantitative estimate of drug-likeness (QED) is 0.213. The van der Waals surface area contributed by atoms with Crippen LogP contribution in [0.5, 0.6) is 5.75 Å². The van der Waals surface area contributed by atoms with Crippen LogP contribution >= 0.6 is 0 Å². The number of halogens is 4. The minimum atomic E-state index is -4.83. The SMILES string of the molecule is C=CC(=O)Nc1cc(Nc2cc(N3OCC[C@@H]3c3ccc(F)c(C(F)(F)F)c3)ncn2)c(OC)cc1N1CCC(N2CCC2)CC1. The van der Waals surface area contributed by atoms with E-state index < -0.39 is 23.6 Å². The van der Waals surface area contributed by atoms with Crippen molar-refractivity contribution in [3.8, 4) is 5.75 Å². The Kier molecular flexibility index (Phi) is 9.00. The summed E-state index contributed by atoms with van der Waals surface area (Å²) in [4.78, 5) is 31.6. The van der Waals surface area contributed by atoms with Crippen LogP contribution in [0.2, 0.25) is 0 Å². The van der Waals surface area contributed by atoms with Crippen LogP contribution in [-0.2, 0) is 15.8 Å². The van der Waals surface area contributed by atoms with Gasteiger partial charge in [-0.1, -0.05) is 12.6 Å². The van der Waals surface area contributed by atoms with Crippen molar-refractivity contribution in [3.63, 3.8) is 0 Å². The van der Waals surface area contributed by atoms with Gasteiger partial charge in [0.1, 0.15) is 23.7 Å². The molecule has 3 aliphatic rings. The molecule has 4 heterocycles. The number of carbonyl (C=O) groups excluding carboxylic acids is 1. The molecule has 0 radical (unpaired) electrons. The summed E-state index contributed by atoms with van der Waals surface area (Å²) in [5, 5.41) is 7.54. The molecule has 46 heavy (non-hydrogen) atoms. The van der Waals surface area contributed by atoms with Crippen molar-refractivity contribution in [2.75, 3.05) is 60.5 Å². The van der Waals surface area contributed by atoms with E-state index in [9.17, 15) is 22.4 Å². The van der Waals surface area contributed by atoms with Gasteiger partial charge in [0.2, 0.25) is 5.91 Å². The summed E-state index contributed by atoms with van der Waals surface area (Å²) < 4.78 is 59.9. The summed E-state index contributed by atoms with van der Waals surface area (Å²) in [6.07, 6.45) is 1.34. The Morgan fingerprint density at radius 2 is 1.85 bits per heavy atom. The van der Waals surface area contributed by atoms with E-state index in [-0.39, 0.29) is 18.1 Å². The predicted octanol–water partition coefficient (Wildman–Crippen LogP) is 6.07. The molecule has 0 unspecified atom stereocenters. The number of nitrogens with one attached hydrogen (secondary N) is 2. The molecule has 1 aromatic heterocycles. The van der Waals surface area contributed by atoms with E-state index in [2.05, 4.69) is 37.0 Å². The van der Waals surface area contributed by atoms with Gasteiger partial charge in [-0.25, -0.2) is 19.4 Å². The molecule has 0 bridgehead atoms. The number of carbonyl (C=O) groups is 1. The summed E-state index contributed by atoms with van der Waals surface area (Å²) in [6.45, 7) is 7.78. The summed E-state index contributed by atoms with van der Waals surface area (Å²) in [7, 11) is 1.55. The molecule has 6 rings (SSSR count). The van der Waals surface area contributed by atoms with Gasteiger partial charge < -0.3 is 25.2 Å². The third kappa shape index (κ3) is 6.58. The first kappa shape index (κ1) is 31.5. The number of methoxy groups -OCH3 is 1. The Morgan fingerprint density at radius 3 is 2.52 bits per heavy atom. The second kappa shape index (κ2) is 13.1. The Balaban J connectivity index is 1.25. The van der Waals surface area contributed by atoms with Gasteiger partial charge in [-0.05, 0) is 62.2 Å². The van der Waals surface area contributed by atoms with Crippen molar-refractivity contribution in [2.24, 2.45) is 0 Å². The highest BCUT2D eigenvalue weighted by molar-refractivity contribution is 6.02. The van der Waals surface area contributed by atoms with Gasteiger partial charge >= 0.3 is 6.18 Å². The van der Waals surface area contributed by atoms with Crippen LogP contribution in [0.3, 0.4) is 0 Å². The second-order valence-electron chi connectivity index (χ2n) is 11.5. The third-order valence-corrected chi connectivity index (χ3v) is 8.70. The molecule has 1 atom stereocenters. The number of alkyl halides is 3. The number of aromatic nitrogens is 2. The van der Waals surface area contributed by atoms with Crippen LogP contribution < -0.4 is 25.3 Å². The summed E-state index contributed by atoms with van der Waals surface area (Å²) >= 11 is 0. The van der Waals surface area contributed by atoms with Crippen LogP contribution in [0.4, 0.5) is 46.3 Å². The lowest BCUT2D eigenvalue weighted by atomic mass is 9.99. The maximum absolute atomic E-state index is 14.0. The van der Waals surface area contributed by atoms with E-state index in [1.807, 2.05) is 6.07 Å². The minimum absolute atomic E-state index is 0.229. The molecule has 3 saturated heterocycles. The number of hydrogen-bond acceptors (Lipinski definition) is 9. The van der Waals surface area contributed by atoms with E-state index in [1.54, 1.807) is 19.2 Å². The van der Waals surface area contributed by atoms with Crippen LogP contribution in [0, 0.1) is 5.82 Å². The molecule has 3 aromatic rings. The van der Waals surface area contributed by atoms with Crippen molar-refractivity contribution < 1.29 is 31.9 Å². The standard InChI is InChI=1S/C32H35F4N7O3/c1-3-31(44)40-24-16-25(28(45-2)17-27(24)42-12-7-21(8-13-42)41-10-4-11-41)39-29-18-30(38-19-37-29)43-26(9-14-46-43)20-5-6-23(33)22(15-20)32(34,35)36/h3,5-6,15-19,21,26H,1,4,7-14H2,2H3,(H,40,44)(H,37,38,39)/t26-/m1/s1. The number of nitrogens with zero attached hydrogens (tertiary/aromatic N) is 5. The van der Waals surface area contributed by atoms with Gasteiger partial charge in [-0.2, -0.15) is 13.2 Å². The second-order valence-corrected chi connectivity index (χ2v) is 11.5. The van der Waals surface area contributed by atoms with E-state index in [0.717, 1.165) is 56.8 Å². The first-order chi connectivity index (χ1) is 22.1. The number of benzene rings is 2. The van der Waals surface area contributed by atoms with Gasteiger partial charge in [-0.3, -0.25) is 9.63 Å². The van der Waals surface area contributed by atoms with Gasteiger partial charge in [0.15, 0.2) is 5.82 Å². The number of amides is 1. The zero-order chi connectivity index (χ0) is 32.4. The highest BCUT2D eigenvalue weighted by atomic mass is 19.4. The topological polar surface area (TPSA) is 95.1 Å². The lowest BCUT2D eigenvalue weighted by Crippen LogP contribution is -2.50. The molecule has 1 amide bonds. The fourth-order valence-corrected chi connectivity index (χ4v) is 6.20. The van der Waals surface area contributed by atoms with Gasteiger partial charge in [0.05, 0.1) is 42.4 Å². The normalized spacial score (nSPS) is 19.1. The minimum Gasteiger partial charge on any atom is -0.494 e. The summed E-state index contributed by atoms with van der Waals surface area (Å²) in [5.74, 6) is -0.549. The number of anilines is 5. The van der Waals surface area contributed by atoms with Crippen LogP contribution in [0.25, 0.3) is 0 Å². The van der Waals surface area contributed by atoms with Gasteiger partial charge in [0, 0.05) is 37.7 Å². The maximum Gasteiger partial charge on any atom is 0.419 e. The summed E-state index contributed by atoms with van der Waals surface area (Å²) in [5.41, 5.74) is 0.821. The zero-order valence-corrected chi connectivity index (χ0v) is 25.3. The van der Waals surface area contributed by atoms with Crippen LogP contribution in [0.1, 0.15) is 42.9 Å². The van der Waals surface area contributed by atoms with Crippen molar-refractivity contribution in [2.45, 2.75) is 43.9 Å². The smallest absolute Gasteiger partial charge is 0.419 e. The molecular formula is C32H35F4N7O3. The Hall–Kier alpha value is -4.43. The molecule has 3 fully saturated rings. The highest BCUT2D eigenvalue weighted by Gasteiger charge is 2.37. The molecule has 0 aliphatic carbocycles. The molecular weight excluding hydrogens is 606 g/mol. The number of ether oxygens (including phenoxy) is 1. The molecule has 0 saturated carbocycles. The van der Waals surface area contributed by atoms with Crippen molar-refractivity contribution in [1.29, 1.82) is 0 Å². The van der Waals surface area contributed by atoms with E-state index in [1.165, 1.54) is 30.0 Å². The number of rotatable bonds is 9. The number of hydroxylamine groups is 1. The van der Waals surface area contributed by atoms with Crippen molar-refractivity contribution >= 4 is 34.6 Å². The number of hydrogen-bond donors (Lipinski definition) is 2. The molecule has 2 N–H and O–H groups in total. The summed E-state index contributed by atoms with van der Waals surface area (Å²) in [6, 6.07) is 8.10. The lowest BCUT2D eigenvalue weighted by Gasteiger charge is -2.43. The van der Waals surface area contributed by atoms with E-state index in [0.29, 0.717) is 41.2 Å². The number of likely N-dealkylation sites (tertiary alicyclic amines) is 1. The van der Waals surface area contributed by atoms with Crippen LogP contribution in [-0.4, -0.2) is 66.7 Å². The van der Waals surface area contributed by atoms with E-state index >= 15 is 0 Å². The Morgan fingerprint density at radius 1 is 1.07 bits per heavy atom. The molecule has 2 aromatic carbocycles. The Labute approximate surface area is 264 Å². The van der Waals surface area contributed by atoms with Crippen molar-refractivity contribution in [1.82, 2.24) is 14.9 Å². The highest BCUT2D eigenvalue weighted by Crippen LogP contribution is 2.41. The van der Waals surface area contributed by atoms with Gasteiger partial charge in [0.25, 0.3) is 0 Å². The molecule has 10 nitrogen and oxygen atoms in total. The number of piperidine rings is 1.